The number of nitrogens with zero attached hydrogens (tertiary/aromatic N) is 6. The number of hydrogen-bond acceptors (Lipinski definition) is 17. The van der Waals surface area contributed by atoms with Crippen LogP contribution in [-0.4, -0.2) is 160 Å². The maximum absolute atomic E-state index is 13.9. The molecule has 5 aromatic rings. The highest BCUT2D eigenvalue weighted by atomic mass is 16.5. The number of carbonyl (C=O) groups is 7. The number of carboxylic acid groups (broad SMARTS) is 1. The van der Waals surface area contributed by atoms with Crippen LogP contribution in [0.1, 0.15) is 68.3 Å². The molecule has 434 valence electrons. The molecule has 2 aromatic heterocycles. The Hall–Kier alpha value is -8.88. The van der Waals surface area contributed by atoms with Crippen LogP contribution in [0.5, 0.6) is 17.8 Å². The fourth-order valence-electron chi connectivity index (χ4n) is 8.63. The van der Waals surface area contributed by atoms with Crippen LogP contribution in [0.2, 0.25) is 0 Å². The number of nitrogens with one attached hydrogen (secondary N) is 4. The van der Waals surface area contributed by atoms with E-state index in [2.05, 4.69) is 36.2 Å². The molecule has 1 aliphatic heterocycles. The van der Waals surface area contributed by atoms with Crippen molar-refractivity contribution < 1.29 is 67.5 Å². The molecule has 0 fully saturated rings. The molecule has 0 aliphatic carbocycles. The molecule has 10 N–H and O–H groups in total. The Kier molecular flexibility index (Phi) is 23.1. The van der Waals surface area contributed by atoms with Crippen LogP contribution in [0.4, 0.5) is 21.1 Å². The molecule has 3 atom stereocenters. The second-order valence-electron chi connectivity index (χ2n) is 18.9. The number of hydrogen-bond donors (Lipinski definition) is 8. The molecule has 0 radical (unpaired) electrons. The number of urea groups is 1. The summed E-state index contributed by atoms with van der Waals surface area (Å²) in [6.45, 7) is 6.98. The van der Waals surface area contributed by atoms with E-state index in [1.165, 1.54) is 28.7 Å². The lowest BCUT2D eigenvalue weighted by Gasteiger charge is -2.30. The van der Waals surface area contributed by atoms with E-state index in [-0.39, 0.29) is 138 Å². The van der Waals surface area contributed by atoms with Crippen LogP contribution in [0, 0.1) is 5.92 Å². The molecule has 0 saturated heterocycles. The average Bonchev–Trinajstić information content (AvgIpc) is 4.09. The molecule has 0 saturated carbocycles. The molecule has 81 heavy (non-hydrogen) atoms. The Morgan fingerprint density at radius 2 is 1.48 bits per heavy atom. The average molecular weight is 1120 g/mol. The Bertz CT molecular complexity index is 2980. The number of aromatic hydroxyl groups is 1. The van der Waals surface area contributed by atoms with E-state index in [0.717, 1.165) is 16.0 Å². The number of anilines is 2. The van der Waals surface area contributed by atoms with Gasteiger partial charge in [-0.2, -0.15) is 15.0 Å². The number of imidazole rings is 1. The van der Waals surface area contributed by atoms with E-state index in [0.29, 0.717) is 29.2 Å². The molecular weight excluding hydrogens is 1050 g/mol. The second-order valence-corrected chi connectivity index (χ2v) is 18.9. The summed E-state index contributed by atoms with van der Waals surface area (Å²) in [4.78, 5) is 104. The summed E-state index contributed by atoms with van der Waals surface area (Å²) < 4.78 is 29.1. The normalized spacial score (nSPS) is 13.2. The van der Waals surface area contributed by atoms with Crippen molar-refractivity contribution in [2.45, 2.75) is 77.7 Å². The first kappa shape index (κ1) is 61.3. The number of benzene rings is 3. The van der Waals surface area contributed by atoms with Crippen LogP contribution in [0.3, 0.4) is 0 Å². The van der Waals surface area contributed by atoms with Gasteiger partial charge in [-0.05, 0) is 67.0 Å². The lowest BCUT2D eigenvalue weighted by Crippen LogP contribution is -2.54. The molecule has 0 spiro atoms. The molecule has 1 aliphatic rings. The second kappa shape index (κ2) is 30.5. The molecule has 1 unspecified atom stereocenters. The summed E-state index contributed by atoms with van der Waals surface area (Å²) in [5.74, 6) is -2.30. The number of imide groups is 1. The summed E-state index contributed by atoms with van der Waals surface area (Å²) >= 11 is 0. The molecule has 26 heteroatoms. The lowest BCUT2D eigenvalue weighted by molar-refractivity contribution is -0.137. The first-order valence-electron chi connectivity index (χ1n) is 26.3. The highest BCUT2D eigenvalue weighted by Gasteiger charge is 2.30. The van der Waals surface area contributed by atoms with E-state index >= 15 is 0 Å². The molecule has 26 nitrogen and oxygen atoms in total. The first-order valence-corrected chi connectivity index (χ1v) is 26.3. The smallest absolute Gasteiger partial charge is 0.408 e. The Morgan fingerprint density at radius 1 is 0.815 bits per heavy atom. The third kappa shape index (κ3) is 18.1. The fraction of sp³-hybridized carbons (Fsp3) is 0.418. The number of aromatic nitrogens is 4. The lowest BCUT2D eigenvalue weighted by atomic mass is 9.96. The number of methoxy groups -OCH3 is 1. The van der Waals surface area contributed by atoms with Gasteiger partial charge in [0.2, 0.25) is 17.7 Å². The van der Waals surface area contributed by atoms with Crippen molar-refractivity contribution in [3.63, 3.8) is 0 Å². The topological polar surface area (TPSA) is 356 Å². The van der Waals surface area contributed by atoms with Gasteiger partial charge in [-0.1, -0.05) is 68.4 Å². The minimum Gasteiger partial charge on any atom is -0.496 e. The quantitative estimate of drug-likeness (QED) is 0.0220. The Balaban J connectivity index is 1.05. The summed E-state index contributed by atoms with van der Waals surface area (Å²) in [5, 5.41) is 32.4. The number of amides is 8. The molecule has 3 aromatic carbocycles. The summed E-state index contributed by atoms with van der Waals surface area (Å²) in [6, 6.07) is 17.4. The molecule has 6 rings (SSSR count). The van der Waals surface area contributed by atoms with Gasteiger partial charge in [0, 0.05) is 42.9 Å². The predicted molar refractivity (Wildman–Crippen MR) is 295 cm³/mol. The van der Waals surface area contributed by atoms with E-state index in [4.69, 9.17) is 35.2 Å². The minimum atomic E-state index is -1.18. The van der Waals surface area contributed by atoms with E-state index in [9.17, 15) is 43.8 Å². The van der Waals surface area contributed by atoms with Gasteiger partial charge >= 0.3 is 18.1 Å². The van der Waals surface area contributed by atoms with Crippen molar-refractivity contribution in [1.29, 1.82) is 0 Å². The SMILES string of the molecule is CCOc1nc(N)c2nc(O)n(Cc3ccc(CN(C(=O)O)C(Cc4ccc(NC(=O)[C@H](CCCNC(N)=O)NC(=O)[C@@H](NC(=O)CCOCCOCCOCCN5C(=O)C=CC5=O)C(C)C)cc4)c4ccccc4)cc3OC)c2n1. The zero-order valence-electron chi connectivity index (χ0n) is 45.6. The van der Waals surface area contributed by atoms with E-state index < -0.39 is 48.0 Å². The number of rotatable bonds is 33. The summed E-state index contributed by atoms with van der Waals surface area (Å²) in [6.07, 6.45) is 1.78. The molecule has 0 bridgehead atoms. The van der Waals surface area contributed by atoms with Gasteiger partial charge in [-0.15, -0.1) is 0 Å². The number of primary amides is 1. The maximum atomic E-state index is 13.9. The van der Waals surface area contributed by atoms with Gasteiger partial charge in [0.15, 0.2) is 17.0 Å². The number of carbonyl (C=O) groups excluding carboxylic acids is 6. The van der Waals surface area contributed by atoms with Crippen molar-refractivity contribution in [3.8, 4) is 17.8 Å². The summed E-state index contributed by atoms with van der Waals surface area (Å²) in [5.41, 5.74) is 14.9. The van der Waals surface area contributed by atoms with Crippen molar-refractivity contribution >= 4 is 64.3 Å². The first-order chi connectivity index (χ1) is 39.0. The standard InChI is InChI=1S/C55H70N12O14/c1-5-81-53-63-48(56)47-49(64-53)67(54(74)62-47)33-38-16-13-36(31-42(38)77-4)32-66(55(75)76)41(37-10-7-6-8-11-37)30-35-14-17-39(18-15-35)59-50(71)40(12-9-22-58-52(57)73)60-51(72)46(34(2)3)61-43(68)21-24-78-26-28-80-29-27-79-25-23-65-44(69)19-20-45(65)70/h6-8,10-11,13-20,31,34,40-41,46H,5,9,12,21-30,32-33H2,1-4H3,(H,59,71)(H,60,72)(H,61,68)(H,62,74)(H,75,76)(H2,56,63,64)(H3,57,58,73)/t40-,41?,46-/m0/s1. The van der Waals surface area contributed by atoms with E-state index in [1.54, 1.807) is 63.2 Å². The molecular formula is C55H70N12O14. The largest absolute Gasteiger partial charge is 0.496 e. The molecule has 8 amide bonds. The third-order valence-electron chi connectivity index (χ3n) is 12.8. The number of nitrogen functional groups attached to an aromatic ring is 1. The zero-order valence-corrected chi connectivity index (χ0v) is 45.6. The maximum Gasteiger partial charge on any atom is 0.408 e. The van der Waals surface area contributed by atoms with Crippen molar-refractivity contribution in [2.75, 3.05) is 77.5 Å². The van der Waals surface area contributed by atoms with Crippen molar-refractivity contribution in [1.82, 2.24) is 45.3 Å². The Morgan fingerprint density at radius 3 is 2.12 bits per heavy atom. The highest BCUT2D eigenvalue weighted by Crippen LogP contribution is 2.32. The summed E-state index contributed by atoms with van der Waals surface area (Å²) in [7, 11) is 1.48. The third-order valence-corrected chi connectivity index (χ3v) is 12.8. The highest BCUT2D eigenvalue weighted by molar-refractivity contribution is 6.12. The van der Waals surface area contributed by atoms with Gasteiger partial charge in [0.1, 0.15) is 17.8 Å². The fourth-order valence-corrected chi connectivity index (χ4v) is 8.63. The van der Waals surface area contributed by atoms with Crippen LogP contribution < -0.4 is 42.2 Å². The number of ether oxygens (including phenoxy) is 5. The number of nitrogens with two attached hydrogens (primary N) is 2. The predicted octanol–water partition coefficient (Wildman–Crippen LogP) is 3.41. The van der Waals surface area contributed by atoms with Crippen molar-refractivity contribution in [3.05, 3.63) is 107 Å². The zero-order chi connectivity index (χ0) is 58.4. The monoisotopic (exact) mass is 1120 g/mol. The van der Waals surface area contributed by atoms with Gasteiger partial charge < -0.3 is 66.6 Å². The van der Waals surface area contributed by atoms with Crippen LogP contribution in [0.15, 0.2) is 84.9 Å². The minimum absolute atomic E-state index is 0.0274. The van der Waals surface area contributed by atoms with Crippen LogP contribution >= 0.6 is 0 Å². The van der Waals surface area contributed by atoms with Gasteiger partial charge in [0.05, 0.1) is 72.5 Å². The van der Waals surface area contributed by atoms with Crippen LogP contribution in [0.25, 0.3) is 11.2 Å². The van der Waals surface area contributed by atoms with Gasteiger partial charge in [0.25, 0.3) is 17.8 Å². The van der Waals surface area contributed by atoms with Crippen LogP contribution in [-0.2, 0) is 57.7 Å². The Labute approximate surface area is 467 Å². The number of fused-ring (bicyclic) bond motifs is 1. The van der Waals surface area contributed by atoms with Gasteiger partial charge in [-0.3, -0.25) is 38.3 Å². The van der Waals surface area contributed by atoms with Gasteiger partial charge in [-0.25, -0.2) is 9.59 Å². The molecule has 3 heterocycles. The van der Waals surface area contributed by atoms with E-state index in [1.807, 2.05) is 30.3 Å². The van der Waals surface area contributed by atoms with Crippen molar-refractivity contribution in [2.24, 2.45) is 11.7 Å².